The van der Waals surface area contributed by atoms with Gasteiger partial charge in [0.25, 0.3) is 0 Å². The minimum absolute atomic E-state index is 0.0935. The maximum absolute atomic E-state index is 13.0. The number of aromatic nitrogens is 2. The molecule has 0 spiro atoms. The monoisotopic (exact) mass is 438 g/mol. The number of rotatable bonds is 6. The van der Waals surface area contributed by atoms with Gasteiger partial charge in [0.15, 0.2) is 0 Å². The molecule has 0 fully saturated rings. The molecule has 0 saturated heterocycles. The summed E-state index contributed by atoms with van der Waals surface area (Å²) >= 11 is 0. The van der Waals surface area contributed by atoms with Crippen LogP contribution in [0.15, 0.2) is 70.4 Å². The van der Waals surface area contributed by atoms with E-state index in [0.29, 0.717) is 16.7 Å². The molecule has 8 nitrogen and oxygen atoms in total. The molecule has 160 valence electrons. The highest BCUT2D eigenvalue weighted by Gasteiger charge is 2.28. The lowest BCUT2D eigenvalue weighted by Crippen LogP contribution is -2.47. The lowest BCUT2D eigenvalue weighted by Gasteiger charge is -2.22. The summed E-state index contributed by atoms with van der Waals surface area (Å²) in [7, 11) is -3.93. The summed E-state index contributed by atoms with van der Waals surface area (Å²) in [6, 6.07) is 16.2. The van der Waals surface area contributed by atoms with Crippen LogP contribution in [0, 0.1) is 5.92 Å². The van der Waals surface area contributed by atoms with E-state index in [2.05, 4.69) is 20.0 Å². The van der Waals surface area contributed by atoms with E-state index >= 15 is 0 Å². The SMILES string of the molecule is CC(C)[C@H](NS(=O)(=O)c1ccc2ccccc2c1)C(=O)Nc1ccc2[nH]c(=O)[nH]c2c1. The van der Waals surface area contributed by atoms with Gasteiger partial charge in [-0.15, -0.1) is 0 Å². The number of carbonyl (C=O) groups is 1. The molecule has 0 aliphatic carbocycles. The summed E-state index contributed by atoms with van der Waals surface area (Å²) in [6.45, 7) is 3.53. The molecule has 1 amide bonds. The van der Waals surface area contributed by atoms with Crippen LogP contribution in [0.2, 0.25) is 0 Å². The van der Waals surface area contributed by atoms with Crippen molar-refractivity contribution in [2.75, 3.05) is 5.32 Å². The molecule has 0 radical (unpaired) electrons. The highest BCUT2D eigenvalue weighted by molar-refractivity contribution is 7.89. The molecule has 31 heavy (non-hydrogen) atoms. The largest absolute Gasteiger partial charge is 0.325 e. The Hall–Kier alpha value is -3.43. The fourth-order valence-corrected chi connectivity index (χ4v) is 4.77. The first-order chi connectivity index (χ1) is 14.7. The van der Waals surface area contributed by atoms with Crippen molar-refractivity contribution in [3.63, 3.8) is 0 Å². The number of aromatic amines is 2. The highest BCUT2D eigenvalue weighted by Crippen LogP contribution is 2.21. The maximum atomic E-state index is 13.0. The van der Waals surface area contributed by atoms with Crippen molar-refractivity contribution in [2.45, 2.75) is 24.8 Å². The number of carbonyl (C=O) groups excluding carboxylic acids is 1. The fourth-order valence-electron chi connectivity index (χ4n) is 3.39. The molecule has 1 heterocycles. The van der Waals surface area contributed by atoms with Crippen LogP contribution in [0.3, 0.4) is 0 Å². The Morgan fingerprint density at radius 3 is 2.35 bits per heavy atom. The van der Waals surface area contributed by atoms with Gasteiger partial charge in [0.2, 0.25) is 15.9 Å². The lowest BCUT2D eigenvalue weighted by atomic mass is 10.0. The molecule has 0 bridgehead atoms. The third-order valence-electron chi connectivity index (χ3n) is 5.05. The Morgan fingerprint density at radius 2 is 1.61 bits per heavy atom. The maximum Gasteiger partial charge on any atom is 0.323 e. The average Bonchev–Trinajstić information content (AvgIpc) is 3.10. The molecule has 0 aliphatic heterocycles. The average molecular weight is 439 g/mol. The van der Waals surface area contributed by atoms with E-state index in [1.807, 2.05) is 24.3 Å². The van der Waals surface area contributed by atoms with Crippen LogP contribution >= 0.6 is 0 Å². The van der Waals surface area contributed by atoms with E-state index in [9.17, 15) is 18.0 Å². The minimum atomic E-state index is -3.93. The van der Waals surface area contributed by atoms with E-state index in [0.717, 1.165) is 10.8 Å². The summed E-state index contributed by atoms with van der Waals surface area (Å²) in [5.74, 6) is -0.789. The van der Waals surface area contributed by atoms with Gasteiger partial charge in [-0.3, -0.25) is 4.79 Å². The molecule has 4 aromatic rings. The van der Waals surface area contributed by atoms with E-state index in [1.165, 1.54) is 6.07 Å². The number of fused-ring (bicyclic) bond motifs is 2. The third-order valence-corrected chi connectivity index (χ3v) is 6.48. The lowest BCUT2D eigenvalue weighted by molar-refractivity contribution is -0.118. The number of H-pyrrole nitrogens is 2. The van der Waals surface area contributed by atoms with E-state index < -0.39 is 22.0 Å². The molecule has 9 heteroatoms. The number of hydrogen-bond acceptors (Lipinski definition) is 4. The number of nitrogens with one attached hydrogen (secondary N) is 4. The molecule has 4 N–H and O–H groups in total. The zero-order valence-electron chi connectivity index (χ0n) is 17.0. The van der Waals surface area contributed by atoms with Gasteiger partial charge in [0.1, 0.15) is 6.04 Å². The fraction of sp³-hybridized carbons (Fsp3) is 0.182. The Morgan fingerprint density at radius 1 is 0.903 bits per heavy atom. The van der Waals surface area contributed by atoms with Crippen molar-refractivity contribution in [1.82, 2.24) is 14.7 Å². The predicted octanol–water partition coefficient (Wildman–Crippen LogP) is 2.95. The number of imidazole rings is 1. The topological polar surface area (TPSA) is 124 Å². The number of sulfonamides is 1. The van der Waals surface area contributed by atoms with E-state index in [4.69, 9.17) is 0 Å². The predicted molar refractivity (Wildman–Crippen MR) is 120 cm³/mol. The second-order valence-electron chi connectivity index (χ2n) is 7.68. The summed E-state index contributed by atoms with van der Waals surface area (Å²) in [5, 5.41) is 4.45. The quantitative estimate of drug-likeness (QED) is 0.369. The van der Waals surface area contributed by atoms with Crippen LogP contribution < -0.4 is 15.7 Å². The van der Waals surface area contributed by atoms with Crippen molar-refractivity contribution in [3.05, 3.63) is 71.1 Å². The molecule has 0 aliphatic rings. The molecule has 1 aromatic heterocycles. The number of anilines is 1. The zero-order valence-corrected chi connectivity index (χ0v) is 17.8. The smallest absolute Gasteiger partial charge is 0.323 e. The van der Waals surface area contributed by atoms with Crippen LogP contribution in [0.4, 0.5) is 5.69 Å². The molecule has 4 rings (SSSR count). The van der Waals surface area contributed by atoms with Crippen molar-refractivity contribution in [2.24, 2.45) is 5.92 Å². The van der Waals surface area contributed by atoms with Gasteiger partial charge in [0.05, 0.1) is 15.9 Å². The first kappa shape index (κ1) is 20.8. The number of benzene rings is 3. The molecular weight excluding hydrogens is 416 g/mol. The normalized spacial score (nSPS) is 13.0. The number of hydrogen-bond donors (Lipinski definition) is 4. The van der Waals surface area contributed by atoms with Crippen LogP contribution in [0.1, 0.15) is 13.8 Å². The van der Waals surface area contributed by atoms with Gasteiger partial charge in [0, 0.05) is 5.69 Å². The zero-order chi connectivity index (χ0) is 22.2. The summed E-state index contributed by atoms with van der Waals surface area (Å²) in [6.07, 6.45) is 0. The Kier molecular flexibility index (Phi) is 5.38. The Labute approximate surface area is 178 Å². The van der Waals surface area contributed by atoms with Crippen LogP contribution in [0.5, 0.6) is 0 Å². The van der Waals surface area contributed by atoms with Crippen LogP contribution in [0.25, 0.3) is 21.8 Å². The van der Waals surface area contributed by atoms with Gasteiger partial charge in [-0.25, -0.2) is 13.2 Å². The Bertz CT molecular complexity index is 1440. The van der Waals surface area contributed by atoms with E-state index in [-0.39, 0.29) is 16.5 Å². The summed E-state index contributed by atoms with van der Waals surface area (Å²) in [4.78, 5) is 29.7. The Balaban J connectivity index is 1.57. The highest BCUT2D eigenvalue weighted by atomic mass is 32.2. The van der Waals surface area contributed by atoms with Crippen LogP contribution in [-0.4, -0.2) is 30.3 Å². The summed E-state index contributed by atoms with van der Waals surface area (Å²) in [5.41, 5.74) is 1.26. The second-order valence-corrected chi connectivity index (χ2v) is 9.39. The molecule has 0 unspecified atom stereocenters. The van der Waals surface area contributed by atoms with Gasteiger partial charge in [-0.1, -0.05) is 44.2 Å². The van der Waals surface area contributed by atoms with Crippen molar-refractivity contribution >= 4 is 43.4 Å². The minimum Gasteiger partial charge on any atom is -0.325 e. The molecule has 1 atom stereocenters. The van der Waals surface area contributed by atoms with Gasteiger partial charge in [-0.2, -0.15) is 4.72 Å². The first-order valence-corrected chi connectivity index (χ1v) is 11.3. The van der Waals surface area contributed by atoms with Gasteiger partial charge < -0.3 is 15.3 Å². The molecular formula is C22H22N4O4S. The van der Waals surface area contributed by atoms with Crippen LogP contribution in [-0.2, 0) is 14.8 Å². The second kappa shape index (κ2) is 8.01. The standard InChI is InChI=1S/C22H22N4O4S/c1-13(2)20(21(27)23-16-8-10-18-19(12-16)25-22(28)24-18)26-31(29,30)17-9-7-14-5-3-4-6-15(14)11-17/h3-13,20,26H,1-2H3,(H,23,27)(H2,24,25,28)/t20-/m0/s1. The van der Waals surface area contributed by atoms with Gasteiger partial charge >= 0.3 is 5.69 Å². The van der Waals surface area contributed by atoms with Crippen molar-refractivity contribution in [3.8, 4) is 0 Å². The van der Waals surface area contributed by atoms with E-state index in [1.54, 1.807) is 44.2 Å². The molecule has 3 aromatic carbocycles. The number of amides is 1. The summed E-state index contributed by atoms with van der Waals surface area (Å²) < 4.78 is 28.5. The molecule has 0 saturated carbocycles. The van der Waals surface area contributed by atoms with Crippen molar-refractivity contribution < 1.29 is 13.2 Å². The first-order valence-electron chi connectivity index (χ1n) is 9.77. The van der Waals surface area contributed by atoms with Crippen molar-refractivity contribution in [1.29, 1.82) is 0 Å². The van der Waals surface area contributed by atoms with Gasteiger partial charge in [-0.05, 0) is 47.0 Å². The third kappa shape index (κ3) is 4.37.